The van der Waals surface area contributed by atoms with Gasteiger partial charge in [0.05, 0.1) is 4.47 Å². The SMILES string of the molecule is C[C@H](NS(=O)(=O)c1cc(C(=O)Nc2ccc(F)c(Br)c2)n(C)c1)C(F)(F)F.S. The Morgan fingerprint density at radius 3 is 2.39 bits per heavy atom. The molecule has 0 saturated heterocycles. The van der Waals surface area contributed by atoms with Gasteiger partial charge in [-0.2, -0.15) is 31.4 Å². The van der Waals surface area contributed by atoms with Crippen molar-refractivity contribution in [1.29, 1.82) is 0 Å². The third kappa shape index (κ3) is 5.72. The molecule has 1 amide bonds. The molecule has 0 aliphatic rings. The highest BCUT2D eigenvalue weighted by Gasteiger charge is 2.39. The van der Waals surface area contributed by atoms with Crippen molar-refractivity contribution in [1.82, 2.24) is 9.29 Å². The van der Waals surface area contributed by atoms with E-state index >= 15 is 0 Å². The first-order valence-electron chi connectivity index (χ1n) is 7.33. The summed E-state index contributed by atoms with van der Waals surface area (Å²) in [6.45, 7) is 0.667. The molecule has 0 fully saturated rings. The van der Waals surface area contributed by atoms with Crippen LogP contribution in [0.2, 0.25) is 0 Å². The molecular weight excluding hydrogens is 490 g/mol. The first-order valence-corrected chi connectivity index (χ1v) is 9.60. The van der Waals surface area contributed by atoms with E-state index in [9.17, 15) is 30.8 Å². The van der Waals surface area contributed by atoms with Crippen molar-refractivity contribution in [2.45, 2.75) is 24.0 Å². The smallest absolute Gasteiger partial charge is 0.345 e. The Balaban J connectivity index is 0.00000392. The third-order valence-corrected chi connectivity index (χ3v) is 5.64. The van der Waals surface area contributed by atoms with Crippen LogP contribution in [0.4, 0.5) is 23.2 Å². The Labute approximate surface area is 173 Å². The van der Waals surface area contributed by atoms with Crippen molar-refractivity contribution < 1.29 is 30.8 Å². The number of anilines is 1. The lowest BCUT2D eigenvalue weighted by molar-refractivity contribution is -0.147. The molecule has 2 N–H and O–H groups in total. The third-order valence-electron chi connectivity index (χ3n) is 3.52. The average molecular weight is 506 g/mol. The van der Waals surface area contributed by atoms with Gasteiger partial charge in [0.25, 0.3) is 5.91 Å². The number of nitrogens with one attached hydrogen (secondary N) is 2. The summed E-state index contributed by atoms with van der Waals surface area (Å²) in [5, 5.41) is 2.45. The molecule has 0 aliphatic carbocycles. The first kappa shape index (κ1) is 24.5. The van der Waals surface area contributed by atoms with Crippen LogP contribution in [-0.2, 0) is 17.1 Å². The molecule has 0 unspecified atom stereocenters. The van der Waals surface area contributed by atoms with Gasteiger partial charge in [-0.15, -0.1) is 0 Å². The second kappa shape index (κ2) is 8.84. The zero-order chi connectivity index (χ0) is 20.6. The standard InChI is InChI=1S/C15H14BrF4N3O3S.H2S/c1-8(15(18,19)20)22-27(25,26)10-6-13(23(2)7-10)14(24)21-9-3-4-12(17)11(16)5-9;/h3-8,22H,1-2H3,(H,21,24);1H2/t8-;/m0./s1. The van der Waals surface area contributed by atoms with E-state index in [1.54, 1.807) is 0 Å². The summed E-state index contributed by atoms with van der Waals surface area (Å²) >= 11 is 2.96. The van der Waals surface area contributed by atoms with Gasteiger partial charge in [-0.1, -0.05) is 0 Å². The number of halogens is 5. The highest BCUT2D eigenvalue weighted by molar-refractivity contribution is 9.10. The molecule has 1 heterocycles. The van der Waals surface area contributed by atoms with Gasteiger partial charge in [0, 0.05) is 18.9 Å². The number of aromatic nitrogens is 1. The van der Waals surface area contributed by atoms with E-state index in [0.717, 1.165) is 22.9 Å². The number of alkyl halides is 3. The number of nitrogens with zero attached hydrogens (tertiary/aromatic N) is 1. The molecule has 28 heavy (non-hydrogen) atoms. The van der Waals surface area contributed by atoms with Crippen LogP contribution >= 0.6 is 29.4 Å². The number of hydrogen-bond donors (Lipinski definition) is 2. The molecule has 2 aromatic rings. The van der Waals surface area contributed by atoms with Crippen LogP contribution < -0.4 is 10.0 Å². The summed E-state index contributed by atoms with van der Waals surface area (Å²) < 4.78 is 78.0. The number of hydrogen-bond acceptors (Lipinski definition) is 3. The Morgan fingerprint density at radius 2 is 1.86 bits per heavy atom. The molecular formula is C15H16BrF4N3O3S2. The van der Waals surface area contributed by atoms with E-state index in [-0.39, 0.29) is 29.3 Å². The van der Waals surface area contributed by atoms with Crippen LogP contribution in [0.3, 0.4) is 0 Å². The summed E-state index contributed by atoms with van der Waals surface area (Å²) in [5.74, 6) is -1.26. The van der Waals surface area contributed by atoms with Crippen LogP contribution in [0.5, 0.6) is 0 Å². The minimum atomic E-state index is -4.75. The molecule has 1 aromatic carbocycles. The van der Waals surface area contributed by atoms with E-state index in [4.69, 9.17) is 0 Å². The topological polar surface area (TPSA) is 80.2 Å². The monoisotopic (exact) mass is 505 g/mol. The zero-order valence-electron chi connectivity index (χ0n) is 14.4. The molecule has 156 valence electrons. The summed E-state index contributed by atoms with van der Waals surface area (Å²) in [6.07, 6.45) is -3.74. The molecule has 0 radical (unpaired) electrons. The number of benzene rings is 1. The minimum Gasteiger partial charge on any atom is -0.345 e. The zero-order valence-corrected chi connectivity index (χ0v) is 17.8. The quantitative estimate of drug-likeness (QED) is 0.610. The predicted octanol–water partition coefficient (Wildman–Crippen LogP) is 3.52. The summed E-state index contributed by atoms with van der Waals surface area (Å²) in [4.78, 5) is 11.8. The second-order valence-electron chi connectivity index (χ2n) is 5.64. The van der Waals surface area contributed by atoms with Crippen molar-refractivity contribution in [2.24, 2.45) is 7.05 Å². The summed E-state index contributed by atoms with van der Waals surface area (Å²) in [7, 11) is -3.13. The molecule has 0 aliphatic heterocycles. The number of carbonyl (C=O) groups is 1. The number of rotatable bonds is 5. The Kier molecular flexibility index (Phi) is 7.73. The van der Waals surface area contributed by atoms with Crippen molar-refractivity contribution in [3.05, 3.63) is 46.4 Å². The molecule has 6 nitrogen and oxygen atoms in total. The normalized spacial score (nSPS) is 13.0. The lowest BCUT2D eigenvalue weighted by atomic mass is 10.3. The van der Waals surface area contributed by atoms with Gasteiger partial charge in [-0.25, -0.2) is 12.8 Å². The lowest BCUT2D eigenvalue weighted by Gasteiger charge is -2.16. The molecule has 0 saturated carbocycles. The van der Waals surface area contributed by atoms with Gasteiger partial charge in [-0.05, 0) is 47.1 Å². The number of carbonyl (C=O) groups excluding carboxylic acids is 1. The Hall–Kier alpha value is -1.57. The average Bonchev–Trinajstić information content (AvgIpc) is 2.92. The van der Waals surface area contributed by atoms with E-state index in [1.807, 2.05) is 0 Å². The van der Waals surface area contributed by atoms with Gasteiger partial charge >= 0.3 is 6.18 Å². The van der Waals surface area contributed by atoms with Gasteiger partial charge in [0.15, 0.2) is 0 Å². The first-order chi connectivity index (χ1) is 12.3. The fourth-order valence-electron chi connectivity index (χ4n) is 2.04. The van der Waals surface area contributed by atoms with Crippen molar-refractivity contribution in [2.75, 3.05) is 5.32 Å². The number of aryl methyl sites for hydroxylation is 1. The molecule has 0 spiro atoms. The van der Waals surface area contributed by atoms with Crippen LogP contribution in [0.25, 0.3) is 0 Å². The second-order valence-corrected chi connectivity index (χ2v) is 8.21. The Morgan fingerprint density at radius 1 is 1.25 bits per heavy atom. The summed E-state index contributed by atoms with van der Waals surface area (Å²) in [5.41, 5.74) is 0.123. The van der Waals surface area contributed by atoms with E-state index in [0.29, 0.717) is 6.92 Å². The largest absolute Gasteiger partial charge is 0.404 e. The highest BCUT2D eigenvalue weighted by Crippen LogP contribution is 2.23. The van der Waals surface area contributed by atoms with Crippen molar-refractivity contribution in [3.8, 4) is 0 Å². The molecule has 1 atom stereocenters. The van der Waals surface area contributed by atoms with Crippen LogP contribution in [0.1, 0.15) is 17.4 Å². The van der Waals surface area contributed by atoms with Gasteiger partial charge in [0.2, 0.25) is 10.0 Å². The molecule has 1 aromatic heterocycles. The van der Waals surface area contributed by atoms with E-state index in [2.05, 4.69) is 21.2 Å². The van der Waals surface area contributed by atoms with Crippen LogP contribution in [0.15, 0.2) is 39.8 Å². The Bertz CT molecular complexity index is 977. The van der Waals surface area contributed by atoms with Crippen LogP contribution in [-0.4, -0.2) is 31.1 Å². The maximum atomic E-state index is 13.2. The number of sulfonamides is 1. The molecule has 13 heteroatoms. The molecule has 2 rings (SSSR count). The fourth-order valence-corrected chi connectivity index (χ4v) is 3.72. The number of amides is 1. The summed E-state index contributed by atoms with van der Waals surface area (Å²) in [6, 6.07) is 2.37. The van der Waals surface area contributed by atoms with Gasteiger partial charge in [0.1, 0.15) is 22.4 Å². The lowest BCUT2D eigenvalue weighted by Crippen LogP contribution is -2.42. The minimum absolute atomic E-state index is 0. The van der Waals surface area contributed by atoms with Crippen molar-refractivity contribution >= 4 is 51.0 Å². The van der Waals surface area contributed by atoms with Crippen LogP contribution in [0, 0.1) is 5.82 Å². The maximum Gasteiger partial charge on any atom is 0.404 e. The van der Waals surface area contributed by atoms with Gasteiger partial charge in [-0.3, -0.25) is 4.79 Å². The van der Waals surface area contributed by atoms with Gasteiger partial charge < -0.3 is 9.88 Å². The predicted molar refractivity (Wildman–Crippen MR) is 104 cm³/mol. The van der Waals surface area contributed by atoms with E-state index < -0.39 is 38.9 Å². The fraction of sp³-hybridized carbons (Fsp3) is 0.267. The maximum absolute atomic E-state index is 13.2. The highest BCUT2D eigenvalue weighted by atomic mass is 79.9. The molecule has 0 bridgehead atoms. The van der Waals surface area contributed by atoms with Crippen molar-refractivity contribution in [3.63, 3.8) is 0 Å². The van der Waals surface area contributed by atoms with E-state index in [1.165, 1.54) is 23.9 Å².